The third kappa shape index (κ3) is 3.56. The molecule has 0 saturated carbocycles. The second-order valence-electron chi connectivity index (χ2n) is 4.74. The summed E-state index contributed by atoms with van der Waals surface area (Å²) in [5.74, 6) is 0.985. The van der Waals surface area contributed by atoms with Crippen molar-refractivity contribution in [3.63, 3.8) is 0 Å². The van der Waals surface area contributed by atoms with Gasteiger partial charge in [-0.3, -0.25) is 0 Å². The molecular formula is C13H21NO. The molecule has 0 spiro atoms. The summed E-state index contributed by atoms with van der Waals surface area (Å²) < 4.78 is 5.72. The zero-order valence-corrected chi connectivity index (χ0v) is 9.92. The van der Waals surface area contributed by atoms with Crippen LogP contribution in [0.5, 0.6) is 5.75 Å². The highest BCUT2D eigenvalue weighted by Gasteiger charge is 2.17. The molecule has 0 aromatic heterocycles. The summed E-state index contributed by atoms with van der Waals surface area (Å²) >= 11 is 0. The third-order valence-corrected chi connectivity index (χ3v) is 2.30. The highest BCUT2D eigenvalue weighted by molar-refractivity contribution is 5.38. The molecule has 2 N–H and O–H groups in total. The first kappa shape index (κ1) is 12.1. The maximum absolute atomic E-state index is 5.72. The van der Waals surface area contributed by atoms with Crippen LogP contribution in [0.4, 0.5) is 0 Å². The molecule has 2 heteroatoms. The van der Waals surface area contributed by atoms with E-state index in [0.29, 0.717) is 13.2 Å². The van der Waals surface area contributed by atoms with Gasteiger partial charge in [0.05, 0.1) is 6.61 Å². The smallest absolute Gasteiger partial charge is 0.123 e. The zero-order chi connectivity index (χ0) is 11.3. The van der Waals surface area contributed by atoms with Crippen molar-refractivity contribution in [3.05, 3.63) is 29.8 Å². The summed E-state index contributed by atoms with van der Waals surface area (Å²) in [6.45, 7) is 7.95. The van der Waals surface area contributed by atoms with E-state index in [1.54, 1.807) is 0 Å². The van der Waals surface area contributed by atoms with Crippen LogP contribution in [0.1, 0.15) is 32.8 Å². The average Bonchev–Trinajstić information content (AvgIpc) is 2.17. The van der Waals surface area contributed by atoms with Gasteiger partial charge in [-0.25, -0.2) is 0 Å². The maximum Gasteiger partial charge on any atom is 0.123 e. The molecule has 0 unspecified atom stereocenters. The minimum absolute atomic E-state index is 0.124. The molecule has 84 valence electrons. The Labute approximate surface area is 92.4 Å². The predicted molar refractivity (Wildman–Crippen MR) is 64.3 cm³/mol. The Kier molecular flexibility index (Phi) is 4.15. The number of hydrogen-bond donors (Lipinski definition) is 1. The highest BCUT2D eigenvalue weighted by Crippen LogP contribution is 2.30. The summed E-state index contributed by atoms with van der Waals surface area (Å²) in [7, 11) is 0. The topological polar surface area (TPSA) is 35.2 Å². The number of rotatable bonds is 4. The van der Waals surface area contributed by atoms with Crippen LogP contribution in [0.3, 0.4) is 0 Å². The van der Waals surface area contributed by atoms with Crippen molar-refractivity contribution in [1.29, 1.82) is 0 Å². The van der Waals surface area contributed by atoms with E-state index in [2.05, 4.69) is 32.9 Å². The van der Waals surface area contributed by atoms with Crippen molar-refractivity contribution in [2.45, 2.75) is 32.6 Å². The second kappa shape index (κ2) is 5.17. The molecule has 0 amide bonds. The maximum atomic E-state index is 5.72. The van der Waals surface area contributed by atoms with Gasteiger partial charge in [-0.05, 0) is 30.0 Å². The lowest BCUT2D eigenvalue weighted by atomic mass is 9.86. The lowest BCUT2D eigenvalue weighted by Gasteiger charge is -2.22. The lowest BCUT2D eigenvalue weighted by molar-refractivity contribution is 0.305. The van der Waals surface area contributed by atoms with E-state index in [1.807, 2.05) is 12.1 Å². The van der Waals surface area contributed by atoms with E-state index in [4.69, 9.17) is 10.5 Å². The highest BCUT2D eigenvalue weighted by atomic mass is 16.5. The molecular weight excluding hydrogens is 186 g/mol. The second-order valence-corrected chi connectivity index (χ2v) is 4.74. The summed E-state index contributed by atoms with van der Waals surface area (Å²) in [6.07, 6.45) is 0.901. The van der Waals surface area contributed by atoms with Crippen LogP contribution < -0.4 is 10.5 Å². The van der Waals surface area contributed by atoms with Crippen molar-refractivity contribution < 1.29 is 4.74 Å². The van der Waals surface area contributed by atoms with Gasteiger partial charge in [0, 0.05) is 0 Å². The van der Waals surface area contributed by atoms with Gasteiger partial charge in [0.15, 0.2) is 0 Å². The molecule has 0 aliphatic carbocycles. The normalized spacial score (nSPS) is 11.5. The van der Waals surface area contributed by atoms with Crippen LogP contribution in [0.15, 0.2) is 24.3 Å². The SMILES string of the molecule is CC(C)(C)c1ccccc1OCCCN. The minimum atomic E-state index is 0.124. The molecule has 0 radical (unpaired) electrons. The van der Waals surface area contributed by atoms with Gasteiger partial charge in [0.1, 0.15) is 5.75 Å². The van der Waals surface area contributed by atoms with Gasteiger partial charge >= 0.3 is 0 Å². The molecule has 1 aromatic carbocycles. The first-order chi connectivity index (χ1) is 7.05. The monoisotopic (exact) mass is 207 g/mol. The van der Waals surface area contributed by atoms with Crippen molar-refractivity contribution in [1.82, 2.24) is 0 Å². The van der Waals surface area contributed by atoms with Gasteiger partial charge < -0.3 is 10.5 Å². The van der Waals surface area contributed by atoms with Crippen LogP contribution in [0.25, 0.3) is 0 Å². The van der Waals surface area contributed by atoms with Crippen LogP contribution in [-0.2, 0) is 5.41 Å². The molecule has 2 nitrogen and oxygen atoms in total. The molecule has 15 heavy (non-hydrogen) atoms. The summed E-state index contributed by atoms with van der Waals surface area (Å²) in [4.78, 5) is 0. The van der Waals surface area contributed by atoms with Gasteiger partial charge in [0.25, 0.3) is 0 Å². The third-order valence-electron chi connectivity index (χ3n) is 2.30. The first-order valence-electron chi connectivity index (χ1n) is 5.48. The molecule has 0 heterocycles. The molecule has 0 atom stereocenters. The predicted octanol–water partition coefficient (Wildman–Crippen LogP) is 2.71. The Morgan fingerprint density at radius 2 is 1.87 bits per heavy atom. The Morgan fingerprint density at radius 3 is 2.47 bits per heavy atom. The van der Waals surface area contributed by atoms with Crippen LogP contribution in [-0.4, -0.2) is 13.2 Å². The fourth-order valence-electron chi connectivity index (χ4n) is 1.48. The fraction of sp³-hybridized carbons (Fsp3) is 0.538. The molecule has 0 fully saturated rings. The largest absolute Gasteiger partial charge is 0.493 e. The van der Waals surface area contributed by atoms with Crippen molar-refractivity contribution in [2.24, 2.45) is 5.73 Å². The summed E-state index contributed by atoms with van der Waals surface area (Å²) in [5, 5.41) is 0. The molecule has 0 saturated heterocycles. The number of benzene rings is 1. The van der Waals surface area contributed by atoms with Crippen LogP contribution in [0.2, 0.25) is 0 Å². The van der Waals surface area contributed by atoms with E-state index in [1.165, 1.54) is 5.56 Å². The van der Waals surface area contributed by atoms with E-state index in [-0.39, 0.29) is 5.41 Å². The Morgan fingerprint density at radius 1 is 1.20 bits per heavy atom. The molecule has 0 aliphatic heterocycles. The minimum Gasteiger partial charge on any atom is -0.493 e. The number of nitrogens with two attached hydrogens (primary N) is 1. The van der Waals surface area contributed by atoms with Crippen molar-refractivity contribution in [2.75, 3.05) is 13.2 Å². The van der Waals surface area contributed by atoms with Gasteiger partial charge in [-0.2, -0.15) is 0 Å². The fourth-order valence-corrected chi connectivity index (χ4v) is 1.48. The van der Waals surface area contributed by atoms with Crippen molar-refractivity contribution in [3.8, 4) is 5.75 Å². The first-order valence-corrected chi connectivity index (χ1v) is 5.48. The molecule has 0 aliphatic rings. The standard InChI is InChI=1S/C13H21NO/c1-13(2,3)11-7-4-5-8-12(11)15-10-6-9-14/h4-5,7-8H,6,9-10,14H2,1-3H3. The lowest BCUT2D eigenvalue weighted by Crippen LogP contribution is -2.14. The quantitative estimate of drug-likeness (QED) is 0.770. The van der Waals surface area contributed by atoms with E-state index in [9.17, 15) is 0 Å². The molecule has 1 rings (SSSR count). The van der Waals surface area contributed by atoms with Gasteiger partial charge in [0.2, 0.25) is 0 Å². The Balaban J connectivity index is 2.78. The Hall–Kier alpha value is -1.02. The zero-order valence-electron chi connectivity index (χ0n) is 9.92. The molecule has 1 aromatic rings. The van der Waals surface area contributed by atoms with Gasteiger partial charge in [-0.1, -0.05) is 39.0 Å². The summed E-state index contributed by atoms with van der Waals surface area (Å²) in [5.41, 5.74) is 6.81. The number of para-hydroxylation sites is 1. The van der Waals surface area contributed by atoms with E-state index in [0.717, 1.165) is 12.2 Å². The van der Waals surface area contributed by atoms with Gasteiger partial charge in [-0.15, -0.1) is 0 Å². The van der Waals surface area contributed by atoms with Crippen LogP contribution >= 0.6 is 0 Å². The Bertz CT molecular complexity index is 302. The van der Waals surface area contributed by atoms with E-state index >= 15 is 0 Å². The summed E-state index contributed by atoms with van der Waals surface area (Å²) in [6, 6.07) is 8.21. The average molecular weight is 207 g/mol. The van der Waals surface area contributed by atoms with Crippen molar-refractivity contribution >= 4 is 0 Å². The van der Waals surface area contributed by atoms with E-state index < -0.39 is 0 Å². The number of ether oxygens (including phenoxy) is 1. The molecule has 0 bridgehead atoms. The van der Waals surface area contributed by atoms with Crippen LogP contribution in [0, 0.1) is 0 Å². The number of hydrogen-bond acceptors (Lipinski definition) is 2.